The van der Waals surface area contributed by atoms with E-state index in [2.05, 4.69) is 5.32 Å². The molecule has 0 bridgehead atoms. The summed E-state index contributed by atoms with van der Waals surface area (Å²) < 4.78 is 5.22. The van der Waals surface area contributed by atoms with E-state index in [1.165, 1.54) is 4.90 Å². The van der Waals surface area contributed by atoms with Crippen molar-refractivity contribution in [2.45, 2.75) is 20.3 Å². The number of benzene rings is 3. The summed E-state index contributed by atoms with van der Waals surface area (Å²) in [5.41, 5.74) is 5.05. The summed E-state index contributed by atoms with van der Waals surface area (Å²) in [6.07, 6.45) is 0.583. The normalized spacial score (nSPS) is 13.6. The number of amides is 2. The molecular weight excluding hydrogens is 436 g/mol. The van der Waals surface area contributed by atoms with Crippen LogP contribution in [0.4, 0.5) is 5.69 Å². The smallest absolute Gasteiger partial charge is 0.278 e. The number of anilines is 1. The van der Waals surface area contributed by atoms with Gasteiger partial charge in [0.25, 0.3) is 11.8 Å². The summed E-state index contributed by atoms with van der Waals surface area (Å²) in [5, 5.41) is 3.57. The van der Waals surface area contributed by atoms with Crippen molar-refractivity contribution < 1.29 is 14.3 Å². The molecule has 0 fully saturated rings. The lowest BCUT2D eigenvalue weighted by Crippen LogP contribution is -2.34. The second kappa shape index (κ2) is 9.51. The second-order valence-corrected chi connectivity index (χ2v) is 8.45. The highest BCUT2D eigenvalue weighted by atomic mass is 35.5. The fourth-order valence-corrected chi connectivity index (χ4v) is 4.27. The van der Waals surface area contributed by atoms with Crippen LogP contribution in [0.1, 0.15) is 22.3 Å². The van der Waals surface area contributed by atoms with Gasteiger partial charge in [-0.2, -0.15) is 0 Å². The van der Waals surface area contributed by atoms with Gasteiger partial charge >= 0.3 is 0 Å². The first-order valence-corrected chi connectivity index (χ1v) is 11.1. The number of carbonyl (C=O) groups excluding carboxylic acids is 2. The predicted octanol–water partition coefficient (Wildman–Crippen LogP) is 5.40. The van der Waals surface area contributed by atoms with Crippen LogP contribution in [0, 0.1) is 13.8 Å². The van der Waals surface area contributed by atoms with E-state index in [1.807, 2.05) is 62.4 Å². The summed E-state index contributed by atoms with van der Waals surface area (Å²) in [5.74, 6) is -0.119. The van der Waals surface area contributed by atoms with Gasteiger partial charge in [0, 0.05) is 12.2 Å². The summed E-state index contributed by atoms with van der Waals surface area (Å²) in [7, 11) is 1.54. The van der Waals surface area contributed by atoms with Crippen LogP contribution in [0.15, 0.2) is 72.4 Å². The van der Waals surface area contributed by atoms with Crippen molar-refractivity contribution in [1.29, 1.82) is 0 Å². The third-order valence-electron chi connectivity index (χ3n) is 5.71. The van der Waals surface area contributed by atoms with Gasteiger partial charge in [-0.15, -0.1) is 0 Å². The first-order valence-electron chi connectivity index (χ1n) is 10.7. The molecule has 0 aromatic heterocycles. The van der Waals surface area contributed by atoms with Crippen molar-refractivity contribution in [3.8, 4) is 5.75 Å². The molecule has 1 heterocycles. The SMILES string of the molecule is COc1ccc(NC2=C(c3ccc(C)cc3C)C(=O)N(CCc3ccccc3)C2=O)cc1Cl. The van der Waals surface area contributed by atoms with E-state index >= 15 is 0 Å². The first kappa shape index (κ1) is 22.6. The average molecular weight is 461 g/mol. The van der Waals surface area contributed by atoms with Gasteiger partial charge in [-0.1, -0.05) is 65.7 Å². The van der Waals surface area contributed by atoms with Crippen LogP contribution in [0.2, 0.25) is 5.02 Å². The van der Waals surface area contributed by atoms with Crippen LogP contribution >= 0.6 is 11.6 Å². The number of halogens is 1. The molecule has 0 aliphatic carbocycles. The van der Waals surface area contributed by atoms with Crippen LogP contribution in [0.3, 0.4) is 0 Å². The van der Waals surface area contributed by atoms with E-state index in [1.54, 1.807) is 25.3 Å². The van der Waals surface area contributed by atoms with E-state index in [4.69, 9.17) is 16.3 Å². The second-order valence-electron chi connectivity index (χ2n) is 8.04. The van der Waals surface area contributed by atoms with Crippen LogP contribution in [-0.2, 0) is 16.0 Å². The molecule has 168 valence electrons. The van der Waals surface area contributed by atoms with Gasteiger partial charge in [-0.25, -0.2) is 0 Å². The van der Waals surface area contributed by atoms with Crippen molar-refractivity contribution >= 4 is 34.7 Å². The minimum Gasteiger partial charge on any atom is -0.495 e. The monoisotopic (exact) mass is 460 g/mol. The Bertz CT molecular complexity index is 1250. The number of aryl methyl sites for hydroxylation is 2. The van der Waals surface area contributed by atoms with E-state index in [-0.39, 0.29) is 17.5 Å². The van der Waals surface area contributed by atoms with Gasteiger partial charge in [0.05, 0.1) is 17.7 Å². The standard InChI is InChI=1S/C27H25ClN2O3/c1-17-9-11-21(18(2)15-17)24-25(29-20-10-12-23(33-3)22(28)16-20)27(32)30(26(24)31)14-13-19-7-5-4-6-8-19/h4-12,15-16,29H,13-14H2,1-3H3. The Morgan fingerprint density at radius 1 is 0.939 bits per heavy atom. The molecule has 0 spiro atoms. The molecule has 0 saturated carbocycles. The summed E-state index contributed by atoms with van der Waals surface area (Å²) in [4.78, 5) is 28.3. The summed E-state index contributed by atoms with van der Waals surface area (Å²) >= 11 is 6.28. The predicted molar refractivity (Wildman–Crippen MR) is 131 cm³/mol. The third kappa shape index (κ3) is 4.64. The fraction of sp³-hybridized carbons (Fsp3) is 0.185. The topological polar surface area (TPSA) is 58.6 Å². The maximum absolute atomic E-state index is 13.5. The Labute approximate surface area is 198 Å². The molecular formula is C27H25ClN2O3. The number of nitrogens with zero attached hydrogens (tertiary/aromatic N) is 1. The molecule has 2 amide bonds. The molecule has 0 saturated heterocycles. The Morgan fingerprint density at radius 2 is 1.70 bits per heavy atom. The number of imide groups is 1. The lowest BCUT2D eigenvalue weighted by molar-refractivity contribution is -0.136. The molecule has 0 radical (unpaired) electrons. The number of rotatable bonds is 7. The van der Waals surface area contributed by atoms with Gasteiger partial charge in [0.1, 0.15) is 11.4 Å². The Hall–Kier alpha value is -3.57. The lowest BCUT2D eigenvalue weighted by atomic mass is 9.97. The molecule has 1 N–H and O–H groups in total. The van der Waals surface area contributed by atoms with E-state index in [9.17, 15) is 9.59 Å². The molecule has 1 aliphatic heterocycles. The zero-order chi connectivity index (χ0) is 23.5. The third-order valence-corrected chi connectivity index (χ3v) is 6.00. The summed E-state index contributed by atoms with van der Waals surface area (Å²) in [6.45, 7) is 4.24. The van der Waals surface area contributed by atoms with Crippen LogP contribution in [0.25, 0.3) is 5.57 Å². The quantitative estimate of drug-likeness (QED) is 0.479. The van der Waals surface area contributed by atoms with E-state index in [0.717, 1.165) is 22.3 Å². The Morgan fingerprint density at radius 3 is 2.36 bits per heavy atom. The zero-order valence-electron chi connectivity index (χ0n) is 18.8. The van der Waals surface area contributed by atoms with Crippen LogP contribution in [-0.4, -0.2) is 30.4 Å². The minimum atomic E-state index is -0.349. The zero-order valence-corrected chi connectivity index (χ0v) is 19.6. The highest BCUT2D eigenvalue weighted by Crippen LogP contribution is 2.34. The largest absolute Gasteiger partial charge is 0.495 e. The lowest BCUT2D eigenvalue weighted by Gasteiger charge is -2.15. The van der Waals surface area contributed by atoms with Crippen LogP contribution in [0.5, 0.6) is 5.75 Å². The van der Waals surface area contributed by atoms with Crippen LogP contribution < -0.4 is 10.1 Å². The number of nitrogens with one attached hydrogen (secondary N) is 1. The Balaban J connectivity index is 1.71. The highest BCUT2D eigenvalue weighted by Gasteiger charge is 2.39. The van der Waals surface area contributed by atoms with Crippen molar-refractivity contribution in [2.24, 2.45) is 0 Å². The molecule has 3 aromatic carbocycles. The highest BCUT2D eigenvalue weighted by molar-refractivity contribution is 6.37. The average Bonchev–Trinajstić information content (AvgIpc) is 3.02. The minimum absolute atomic E-state index is 0.251. The Kier molecular flexibility index (Phi) is 6.52. The summed E-state index contributed by atoms with van der Waals surface area (Å²) in [6, 6.07) is 20.8. The van der Waals surface area contributed by atoms with Crippen molar-refractivity contribution in [3.63, 3.8) is 0 Å². The van der Waals surface area contributed by atoms with Crippen molar-refractivity contribution in [2.75, 3.05) is 19.0 Å². The molecule has 5 nitrogen and oxygen atoms in total. The molecule has 33 heavy (non-hydrogen) atoms. The van der Waals surface area contributed by atoms with Crippen molar-refractivity contribution in [1.82, 2.24) is 4.90 Å². The molecule has 0 unspecified atom stereocenters. The van der Waals surface area contributed by atoms with Gasteiger partial charge in [0.15, 0.2) is 0 Å². The van der Waals surface area contributed by atoms with Gasteiger partial charge in [0.2, 0.25) is 0 Å². The molecule has 1 aliphatic rings. The number of hydrogen-bond donors (Lipinski definition) is 1. The molecule has 4 rings (SSSR count). The number of methoxy groups -OCH3 is 1. The first-order chi connectivity index (χ1) is 15.9. The van der Waals surface area contributed by atoms with Gasteiger partial charge in [-0.3, -0.25) is 14.5 Å². The van der Waals surface area contributed by atoms with Gasteiger partial charge < -0.3 is 10.1 Å². The van der Waals surface area contributed by atoms with Gasteiger partial charge in [-0.05, 0) is 55.2 Å². The van der Waals surface area contributed by atoms with E-state index < -0.39 is 0 Å². The number of ether oxygens (including phenoxy) is 1. The fourth-order valence-electron chi connectivity index (χ4n) is 4.01. The molecule has 6 heteroatoms. The maximum atomic E-state index is 13.5. The number of hydrogen-bond acceptors (Lipinski definition) is 4. The maximum Gasteiger partial charge on any atom is 0.278 e. The van der Waals surface area contributed by atoms with E-state index in [0.29, 0.717) is 35.0 Å². The molecule has 0 atom stereocenters. The number of carbonyl (C=O) groups is 2. The molecule has 3 aromatic rings. The van der Waals surface area contributed by atoms with Crippen molar-refractivity contribution in [3.05, 3.63) is 99.7 Å².